The van der Waals surface area contributed by atoms with Crippen LogP contribution in [0.4, 0.5) is 0 Å². The van der Waals surface area contributed by atoms with E-state index in [9.17, 15) is 4.79 Å². The maximum Gasteiger partial charge on any atom is 0.261 e. The van der Waals surface area contributed by atoms with Gasteiger partial charge in [-0.1, -0.05) is 11.6 Å². The number of hydrogen-bond acceptors (Lipinski definition) is 3. The molecule has 1 saturated heterocycles. The maximum absolute atomic E-state index is 12.2. The zero-order valence-electron chi connectivity index (χ0n) is 12.7. The van der Waals surface area contributed by atoms with Gasteiger partial charge in [0.15, 0.2) is 6.10 Å². The lowest BCUT2D eigenvalue weighted by Gasteiger charge is -2.23. The Labute approximate surface area is 130 Å². The van der Waals surface area contributed by atoms with E-state index in [1.807, 2.05) is 19.9 Å². The molecule has 1 aliphatic rings. The fourth-order valence-corrected chi connectivity index (χ4v) is 2.65. The van der Waals surface area contributed by atoms with Gasteiger partial charge in [0, 0.05) is 11.6 Å². The van der Waals surface area contributed by atoms with Crippen LogP contribution in [-0.2, 0) is 9.53 Å². The second-order valence-electron chi connectivity index (χ2n) is 5.52. The third kappa shape index (κ3) is 4.35. The van der Waals surface area contributed by atoms with Crippen LogP contribution in [-0.4, -0.2) is 30.8 Å². The molecule has 0 radical (unpaired) electrons. The van der Waals surface area contributed by atoms with Gasteiger partial charge in [0.05, 0.1) is 12.1 Å². The molecule has 2 rings (SSSR count). The van der Waals surface area contributed by atoms with E-state index in [-0.39, 0.29) is 18.1 Å². The van der Waals surface area contributed by atoms with Crippen LogP contribution in [0.25, 0.3) is 0 Å². The van der Waals surface area contributed by atoms with Gasteiger partial charge >= 0.3 is 0 Å². The first kappa shape index (κ1) is 16.1. The summed E-state index contributed by atoms with van der Waals surface area (Å²) in [5.41, 5.74) is 0.911. The first-order valence-electron chi connectivity index (χ1n) is 7.32. The lowest BCUT2D eigenvalue weighted by Crippen LogP contribution is -2.46. The molecule has 1 amide bonds. The average Bonchev–Trinajstić information content (AvgIpc) is 2.95. The molecule has 1 aliphatic heterocycles. The van der Waals surface area contributed by atoms with Gasteiger partial charge in [0.1, 0.15) is 5.75 Å². The summed E-state index contributed by atoms with van der Waals surface area (Å²) in [5, 5.41) is 3.61. The first-order valence-corrected chi connectivity index (χ1v) is 7.70. The Balaban J connectivity index is 1.89. The fraction of sp³-hybridized carbons (Fsp3) is 0.562. The second kappa shape index (κ2) is 7.14. The van der Waals surface area contributed by atoms with Crippen LogP contribution >= 0.6 is 11.6 Å². The van der Waals surface area contributed by atoms with Crippen LogP contribution in [0, 0.1) is 6.92 Å². The molecule has 0 aliphatic carbocycles. The summed E-state index contributed by atoms with van der Waals surface area (Å²) in [6.45, 7) is 6.39. The van der Waals surface area contributed by atoms with E-state index < -0.39 is 6.10 Å². The summed E-state index contributed by atoms with van der Waals surface area (Å²) in [6, 6.07) is 5.35. The molecule has 4 nitrogen and oxygen atoms in total. The summed E-state index contributed by atoms with van der Waals surface area (Å²) >= 11 is 5.91. The Kier molecular flexibility index (Phi) is 5.48. The third-order valence-corrected chi connectivity index (χ3v) is 3.94. The van der Waals surface area contributed by atoms with Crippen LogP contribution in [0.2, 0.25) is 5.02 Å². The number of ether oxygens (including phenoxy) is 2. The van der Waals surface area contributed by atoms with Crippen molar-refractivity contribution >= 4 is 17.5 Å². The molecule has 3 atom stereocenters. The van der Waals surface area contributed by atoms with Crippen molar-refractivity contribution in [1.29, 1.82) is 0 Å². The molecule has 1 aromatic carbocycles. The van der Waals surface area contributed by atoms with Crippen molar-refractivity contribution in [3.05, 3.63) is 28.8 Å². The Bertz CT molecular complexity index is 500. The summed E-state index contributed by atoms with van der Waals surface area (Å²) in [5.74, 6) is 0.541. The fourth-order valence-electron chi connectivity index (χ4n) is 2.42. The lowest BCUT2D eigenvalue weighted by molar-refractivity contribution is -0.128. The van der Waals surface area contributed by atoms with Gasteiger partial charge in [-0.2, -0.15) is 0 Å². The van der Waals surface area contributed by atoms with Gasteiger partial charge in [-0.15, -0.1) is 0 Å². The van der Waals surface area contributed by atoms with Gasteiger partial charge in [0.2, 0.25) is 0 Å². The van der Waals surface area contributed by atoms with E-state index in [0.29, 0.717) is 10.8 Å². The summed E-state index contributed by atoms with van der Waals surface area (Å²) in [6.07, 6.45) is 1.60. The van der Waals surface area contributed by atoms with E-state index in [1.54, 1.807) is 19.1 Å². The van der Waals surface area contributed by atoms with Gasteiger partial charge < -0.3 is 14.8 Å². The highest BCUT2D eigenvalue weighted by Gasteiger charge is 2.26. The van der Waals surface area contributed by atoms with Crippen LogP contribution < -0.4 is 10.1 Å². The highest BCUT2D eigenvalue weighted by Crippen LogP contribution is 2.23. The van der Waals surface area contributed by atoms with Crippen molar-refractivity contribution in [2.24, 2.45) is 0 Å². The second-order valence-corrected chi connectivity index (χ2v) is 5.96. The molecule has 0 aromatic heterocycles. The minimum Gasteiger partial charge on any atom is -0.481 e. The standard InChI is InChI=1S/C16H22ClNO3/c1-10-9-13(17)6-7-14(10)21-12(3)16(19)18-11(2)15-5-4-8-20-15/h6-7,9,11-12,15H,4-5,8H2,1-3H3,(H,18,19)/t11-,12-,15-/m0/s1. The Hall–Kier alpha value is -1.26. The van der Waals surface area contributed by atoms with Gasteiger partial charge in [0.25, 0.3) is 5.91 Å². The number of nitrogens with one attached hydrogen (secondary N) is 1. The van der Waals surface area contributed by atoms with E-state index in [4.69, 9.17) is 21.1 Å². The molecular weight excluding hydrogens is 290 g/mol. The van der Waals surface area contributed by atoms with E-state index >= 15 is 0 Å². The number of hydrogen-bond donors (Lipinski definition) is 1. The van der Waals surface area contributed by atoms with Crippen LogP contribution in [0.5, 0.6) is 5.75 Å². The van der Waals surface area contributed by atoms with Gasteiger partial charge in [-0.3, -0.25) is 4.79 Å². The molecule has 1 heterocycles. The zero-order valence-corrected chi connectivity index (χ0v) is 13.4. The SMILES string of the molecule is Cc1cc(Cl)ccc1O[C@@H](C)C(=O)N[C@@H](C)[C@@H]1CCCO1. The van der Waals surface area contributed by atoms with Crippen molar-refractivity contribution in [2.75, 3.05) is 6.61 Å². The minimum absolute atomic E-state index is 0.00244. The summed E-state index contributed by atoms with van der Waals surface area (Å²) in [7, 11) is 0. The molecule has 21 heavy (non-hydrogen) atoms. The molecule has 0 saturated carbocycles. The molecule has 1 aromatic rings. The summed E-state index contributed by atoms with van der Waals surface area (Å²) < 4.78 is 11.3. The Morgan fingerprint density at radius 3 is 2.86 bits per heavy atom. The number of halogens is 1. The number of aryl methyl sites for hydroxylation is 1. The number of benzene rings is 1. The van der Waals surface area contributed by atoms with Crippen molar-refractivity contribution in [3.63, 3.8) is 0 Å². The first-order chi connectivity index (χ1) is 9.97. The molecular formula is C16H22ClNO3. The largest absolute Gasteiger partial charge is 0.481 e. The maximum atomic E-state index is 12.2. The monoisotopic (exact) mass is 311 g/mol. The van der Waals surface area contributed by atoms with Crippen LogP contribution in [0.15, 0.2) is 18.2 Å². The number of amides is 1. The molecule has 1 N–H and O–H groups in total. The van der Waals surface area contributed by atoms with E-state index in [1.165, 1.54) is 0 Å². The smallest absolute Gasteiger partial charge is 0.261 e. The van der Waals surface area contributed by atoms with Crippen LogP contribution in [0.3, 0.4) is 0 Å². The molecule has 116 valence electrons. The van der Waals surface area contributed by atoms with Crippen molar-refractivity contribution in [3.8, 4) is 5.75 Å². The van der Waals surface area contributed by atoms with Crippen molar-refractivity contribution in [2.45, 2.75) is 51.9 Å². The van der Waals surface area contributed by atoms with Crippen LogP contribution in [0.1, 0.15) is 32.3 Å². The molecule has 0 unspecified atom stereocenters. The zero-order chi connectivity index (χ0) is 15.4. The average molecular weight is 312 g/mol. The lowest BCUT2D eigenvalue weighted by atomic mass is 10.1. The summed E-state index contributed by atoms with van der Waals surface area (Å²) in [4.78, 5) is 12.2. The number of rotatable bonds is 5. The third-order valence-electron chi connectivity index (χ3n) is 3.70. The van der Waals surface area contributed by atoms with Crippen molar-refractivity contribution < 1.29 is 14.3 Å². The number of carbonyl (C=O) groups excluding carboxylic acids is 1. The quantitative estimate of drug-likeness (QED) is 0.909. The highest BCUT2D eigenvalue weighted by molar-refractivity contribution is 6.30. The van der Waals surface area contributed by atoms with Gasteiger partial charge in [-0.05, 0) is 57.4 Å². The highest BCUT2D eigenvalue weighted by atomic mass is 35.5. The van der Waals surface area contributed by atoms with Gasteiger partial charge in [-0.25, -0.2) is 0 Å². The predicted octanol–water partition coefficient (Wildman–Crippen LogP) is 3.10. The molecule has 0 spiro atoms. The Morgan fingerprint density at radius 2 is 2.24 bits per heavy atom. The molecule has 5 heteroatoms. The van der Waals surface area contributed by atoms with E-state index in [0.717, 1.165) is 25.0 Å². The number of carbonyl (C=O) groups is 1. The topological polar surface area (TPSA) is 47.6 Å². The normalized spacial score (nSPS) is 20.9. The molecule has 1 fully saturated rings. The van der Waals surface area contributed by atoms with Crippen molar-refractivity contribution in [1.82, 2.24) is 5.32 Å². The molecule has 0 bridgehead atoms. The Morgan fingerprint density at radius 1 is 1.48 bits per heavy atom. The predicted molar refractivity (Wildman–Crippen MR) is 82.9 cm³/mol. The van der Waals surface area contributed by atoms with E-state index in [2.05, 4.69) is 5.32 Å². The minimum atomic E-state index is -0.561.